The molecule has 1 fully saturated rings. The first-order valence-electron chi connectivity index (χ1n) is 7.19. The van der Waals surface area contributed by atoms with Crippen molar-refractivity contribution in [2.45, 2.75) is 32.2 Å². The van der Waals surface area contributed by atoms with Crippen LogP contribution in [-0.2, 0) is 0 Å². The van der Waals surface area contributed by atoms with Crippen molar-refractivity contribution in [1.29, 1.82) is 5.26 Å². The Hall–Kier alpha value is -2.20. The minimum atomic E-state index is -0.524. The Morgan fingerprint density at radius 3 is 3.05 bits per heavy atom. The maximum absolute atomic E-state index is 10.8. The summed E-state index contributed by atoms with van der Waals surface area (Å²) in [5.74, 6) is 0.554. The van der Waals surface area contributed by atoms with Crippen molar-refractivity contribution in [2.24, 2.45) is 0 Å². The molecule has 1 aromatic heterocycles. The third kappa shape index (κ3) is 3.47. The second-order valence-corrected chi connectivity index (χ2v) is 5.13. The summed E-state index contributed by atoms with van der Waals surface area (Å²) in [6.45, 7) is 4.71. The molecule has 1 aliphatic heterocycles. The van der Waals surface area contributed by atoms with Gasteiger partial charge in [-0.3, -0.25) is 10.1 Å². The predicted octanol–water partition coefficient (Wildman–Crippen LogP) is 1.83. The summed E-state index contributed by atoms with van der Waals surface area (Å²) in [5.41, 5.74) is 0.122. The number of hydrogen-bond acceptors (Lipinski definition) is 6. The lowest BCUT2D eigenvalue weighted by Gasteiger charge is -2.35. The molecule has 0 saturated carbocycles. The van der Waals surface area contributed by atoms with Crippen LogP contribution >= 0.6 is 0 Å². The molecule has 0 aliphatic carbocycles. The molecular formula is C14H19N5O2. The molecule has 1 N–H and O–H groups in total. The fourth-order valence-electron chi connectivity index (χ4n) is 2.66. The van der Waals surface area contributed by atoms with E-state index in [2.05, 4.69) is 22.1 Å². The van der Waals surface area contributed by atoms with Crippen molar-refractivity contribution in [3.8, 4) is 6.07 Å². The average molecular weight is 289 g/mol. The van der Waals surface area contributed by atoms with E-state index in [0.717, 1.165) is 38.9 Å². The minimum Gasteiger partial charge on any atom is -0.351 e. The van der Waals surface area contributed by atoms with Gasteiger partial charge in [-0.1, -0.05) is 6.92 Å². The van der Waals surface area contributed by atoms with E-state index in [4.69, 9.17) is 0 Å². The number of rotatable bonds is 5. The monoisotopic (exact) mass is 289 g/mol. The van der Waals surface area contributed by atoms with Crippen LogP contribution in [0.3, 0.4) is 0 Å². The summed E-state index contributed by atoms with van der Waals surface area (Å²) < 4.78 is 0. The molecule has 1 unspecified atom stereocenters. The van der Waals surface area contributed by atoms with Crippen LogP contribution in [0, 0.1) is 21.4 Å². The van der Waals surface area contributed by atoms with Gasteiger partial charge in [-0.25, -0.2) is 4.98 Å². The molecule has 1 aliphatic rings. The molecular weight excluding hydrogens is 270 g/mol. The molecule has 1 saturated heterocycles. The van der Waals surface area contributed by atoms with Gasteiger partial charge < -0.3 is 10.2 Å². The summed E-state index contributed by atoms with van der Waals surface area (Å²) in [7, 11) is 0. The van der Waals surface area contributed by atoms with Crippen molar-refractivity contribution >= 4 is 11.5 Å². The van der Waals surface area contributed by atoms with Crippen LogP contribution in [0.5, 0.6) is 0 Å². The zero-order chi connectivity index (χ0) is 15.2. The van der Waals surface area contributed by atoms with E-state index in [9.17, 15) is 15.4 Å². The van der Waals surface area contributed by atoms with Gasteiger partial charge in [-0.2, -0.15) is 5.26 Å². The number of aromatic nitrogens is 1. The third-order valence-corrected chi connectivity index (χ3v) is 3.63. The van der Waals surface area contributed by atoms with Gasteiger partial charge in [-0.15, -0.1) is 0 Å². The molecule has 21 heavy (non-hydrogen) atoms. The highest BCUT2D eigenvalue weighted by Crippen LogP contribution is 2.25. The molecule has 7 heteroatoms. The maximum atomic E-state index is 10.8. The molecule has 1 aromatic rings. The van der Waals surface area contributed by atoms with Gasteiger partial charge >= 0.3 is 0 Å². The van der Waals surface area contributed by atoms with E-state index in [-0.39, 0.29) is 17.3 Å². The predicted molar refractivity (Wildman–Crippen MR) is 79.1 cm³/mol. The van der Waals surface area contributed by atoms with Gasteiger partial charge in [0.25, 0.3) is 5.69 Å². The van der Waals surface area contributed by atoms with E-state index < -0.39 is 4.92 Å². The number of hydrogen-bond donors (Lipinski definition) is 1. The maximum Gasteiger partial charge on any atom is 0.289 e. The summed E-state index contributed by atoms with van der Waals surface area (Å²) in [4.78, 5) is 16.6. The van der Waals surface area contributed by atoms with E-state index in [1.54, 1.807) is 0 Å². The Balaban J connectivity index is 2.35. The first kappa shape index (κ1) is 15.2. The second kappa shape index (κ2) is 6.99. The normalized spacial score (nSPS) is 18.0. The van der Waals surface area contributed by atoms with Crippen LogP contribution in [0.15, 0.2) is 12.3 Å². The first-order valence-corrected chi connectivity index (χ1v) is 7.19. The van der Waals surface area contributed by atoms with Gasteiger partial charge in [0, 0.05) is 25.2 Å². The van der Waals surface area contributed by atoms with Gasteiger partial charge in [-0.05, 0) is 25.8 Å². The number of pyridine rings is 1. The lowest BCUT2D eigenvalue weighted by molar-refractivity contribution is -0.385. The van der Waals surface area contributed by atoms with Crippen LogP contribution in [-0.4, -0.2) is 35.6 Å². The highest BCUT2D eigenvalue weighted by molar-refractivity contribution is 5.58. The van der Waals surface area contributed by atoms with Gasteiger partial charge in [0.05, 0.1) is 4.92 Å². The van der Waals surface area contributed by atoms with Crippen molar-refractivity contribution < 1.29 is 4.92 Å². The van der Waals surface area contributed by atoms with Gasteiger partial charge in [0.1, 0.15) is 23.6 Å². The van der Waals surface area contributed by atoms with Crippen LogP contribution in [0.1, 0.15) is 31.7 Å². The highest BCUT2D eigenvalue weighted by atomic mass is 16.6. The van der Waals surface area contributed by atoms with Gasteiger partial charge in [0.2, 0.25) is 0 Å². The molecule has 0 bridgehead atoms. The van der Waals surface area contributed by atoms with E-state index >= 15 is 0 Å². The van der Waals surface area contributed by atoms with E-state index in [1.807, 2.05) is 6.07 Å². The number of anilines is 1. The Labute approximate surface area is 123 Å². The standard InChI is InChI=1S/C14H19N5O2/c1-2-6-18(12-4-3-5-16-9-12)14-11(8-15)7-13(10-17-14)19(20)21/h7,10,12,16H,2-6,9H2,1H3. The van der Waals surface area contributed by atoms with Crippen molar-refractivity contribution in [3.05, 3.63) is 27.9 Å². The highest BCUT2D eigenvalue weighted by Gasteiger charge is 2.25. The molecule has 112 valence electrons. The van der Waals surface area contributed by atoms with Crippen molar-refractivity contribution in [3.63, 3.8) is 0 Å². The molecule has 2 rings (SSSR count). The quantitative estimate of drug-likeness (QED) is 0.656. The Bertz CT molecular complexity index is 549. The Morgan fingerprint density at radius 2 is 2.48 bits per heavy atom. The molecule has 1 atom stereocenters. The number of piperidine rings is 1. The Kier molecular flexibility index (Phi) is 5.06. The van der Waals surface area contributed by atoms with Crippen LogP contribution in [0.25, 0.3) is 0 Å². The van der Waals surface area contributed by atoms with E-state index in [0.29, 0.717) is 5.82 Å². The summed E-state index contributed by atoms with van der Waals surface area (Å²) >= 11 is 0. The summed E-state index contributed by atoms with van der Waals surface area (Å²) in [6.07, 6.45) is 4.28. The van der Waals surface area contributed by atoms with E-state index in [1.165, 1.54) is 12.3 Å². The van der Waals surface area contributed by atoms with Crippen LogP contribution in [0.4, 0.5) is 11.5 Å². The first-order chi connectivity index (χ1) is 10.2. The Morgan fingerprint density at radius 1 is 1.67 bits per heavy atom. The molecule has 0 spiro atoms. The second-order valence-electron chi connectivity index (χ2n) is 5.13. The smallest absolute Gasteiger partial charge is 0.289 e. The minimum absolute atomic E-state index is 0.145. The molecule has 0 amide bonds. The number of nitrogens with one attached hydrogen (secondary N) is 1. The lowest BCUT2D eigenvalue weighted by Crippen LogP contribution is -2.47. The average Bonchev–Trinajstić information content (AvgIpc) is 2.53. The summed E-state index contributed by atoms with van der Waals surface area (Å²) in [5, 5.41) is 23.4. The molecule has 0 aromatic carbocycles. The fraction of sp³-hybridized carbons (Fsp3) is 0.571. The topological polar surface area (TPSA) is 95.1 Å². The van der Waals surface area contributed by atoms with Crippen LogP contribution < -0.4 is 10.2 Å². The zero-order valence-electron chi connectivity index (χ0n) is 12.1. The van der Waals surface area contributed by atoms with Gasteiger partial charge in [0.15, 0.2) is 0 Å². The number of nitro groups is 1. The fourth-order valence-corrected chi connectivity index (χ4v) is 2.66. The number of nitrogens with zero attached hydrogens (tertiary/aromatic N) is 4. The molecule has 7 nitrogen and oxygen atoms in total. The molecule has 2 heterocycles. The molecule has 0 radical (unpaired) electrons. The lowest BCUT2D eigenvalue weighted by atomic mass is 10.0. The largest absolute Gasteiger partial charge is 0.351 e. The van der Waals surface area contributed by atoms with Crippen LogP contribution in [0.2, 0.25) is 0 Å². The third-order valence-electron chi connectivity index (χ3n) is 3.63. The summed E-state index contributed by atoms with van der Waals surface area (Å²) in [6, 6.07) is 3.62. The van der Waals surface area contributed by atoms with Crippen molar-refractivity contribution in [1.82, 2.24) is 10.3 Å². The number of nitriles is 1. The zero-order valence-corrected chi connectivity index (χ0v) is 12.1. The van der Waals surface area contributed by atoms with Crippen molar-refractivity contribution in [2.75, 3.05) is 24.5 Å². The SMILES string of the molecule is CCCN(c1ncc([N+](=O)[O-])cc1C#N)C1CCCNC1.